The predicted octanol–water partition coefficient (Wildman–Crippen LogP) is 3.00. The summed E-state index contributed by atoms with van der Waals surface area (Å²) in [7, 11) is 0. The van der Waals surface area contributed by atoms with Gasteiger partial charge in [0.1, 0.15) is 5.82 Å². The van der Waals surface area contributed by atoms with Gasteiger partial charge in [0.25, 0.3) is 0 Å². The Kier molecular flexibility index (Phi) is 4.29. The van der Waals surface area contributed by atoms with Gasteiger partial charge >= 0.3 is 6.18 Å². The van der Waals surface area contributed by atoms with Crippen molar-refractivity contribution >= 4 is 5.82 Å². The molecule has 6 heteroatoms. The molecule has 0 saturated heterocycles. The molecule has 1 heterocycles. The maximum atomic E-state index is 12.7. The van der Waals surface area contributed by atoms with Crippen LogP contribution in [0.5, 0.6) is 0 Å². The Hall–Kier alpha value is -1.30. The summed E-state index contributed by atoms with van der Waals surface area (Å²) < 4.78 is 38.2. The zero-order valence-corrected chi connectivity index (χ0v) is 10.9. The van der Waals surface area contributed by atoms with E-state index >= 15 is 0 Å². The summed E-state index contributed by atoms with van der Waals surface area (Å²) in [4.78, 5) is 6.06. The summed E-state index contributed by atoms with van der Waals surface area (Å²) in [5, 5.41) is 2.79. The molecular formula is C13H18F3N3. The first-order valence-electron chi connectivity index (χ1n) is 6.52. The van der Waals surface area contributed by atoms with Gasteiger partial charge in [0.15, 0.2) is 0 Å². The Balaban J connectivity index is 1.92. The Morgan fingerprint density at radius 3 is 2.74 bits per heavy atom. The van der Waals surface area contributed by atoms with E-state index in [1.807, 2.05) is 0 Å². The van der Waals surface area contributed by atoms with E-state index < -0.39 is 11.7 Å². The SMILES string of the molecule is CCN(CCNc1ncccc1C(F)(F)F)C1CC1. The van der Waals surface area contributed by atoms with Gasteiger partial charge < -0.3 is 5.32 Å². The number of pyridine rings is 1. The van der Waals surface area contributed by atoms with Crippen molar-refractivity contribution in [3.05, 3.63) is 23.9 Å². The molecule has 0 unspecified atom stereocenters. The number of nitrogens with zero attached hydrogens (tertiary/aromatic N) is 2. The van der Waals surface area contributed by atoms with E-state index in [-0.39, 0.29) is 5.82 Å². The zero-order chi connectivity index (χ0) is 13.9. The molecule has 2 rings (SSSR count). The second-order valence-corrected chi connectivity index (χ2v) is 4.68. The molecule has 1 fully saturated rings. The van der Waals surface area contributed by atoms with Crippen LogP contribution in [0.15, 0.2) is 18.3 Å². The lowest BCUT2D eigenvalue weighted by atomic mass is 10.2. The number of nitrogens with one attached hydrogen (secondary N) is 1. The predicted molar refractivity (Wildman–Crippen MR) is 68.0 cm³/mol. The van der Waals surface area contributed by atoms with E-state index in [0.717, 1.165) is 19.2 Å². The summed E-state index contributed by atoms with van der Waals surface area (Å²) in [6.45, 7) is 4.22. The molecule has 1 aliphatic carbocycles. The molecule has 0 atom stereocenters. The summed E-state index contributed by atoms with van der Waals surface area (Å²) in [6.07, 6.45) is -0.593. The molecule has 1 N–H and O–H groups in total. The van der Waals surface area contributed by atoms with Gasteiger partial charge in [-0.25, -0.2) is 4.98 Å². The summed E-state index contributed by atoms with van der Waals surface area (Å²) in [5.41, 5.74) is -0.704. The number of hydrogen-bond donors (Lipinski definition) is 1. The third-order valence-electron chi connectivity index (χ3n) is 3.27. The highest BCUT2D eigenvalue weighted by Gasteiger charge is 2.34. The molecule has 19 heavy (non-hydrogen) atoms. The maximum Gasteiger partial charge on any atom is 0.419 e. The first-order chi connectivity index (χ1) is 9.02. The Labute approximate surface area is 110 Å². The lowest BCUT2D eigenvalue weighted by molar-refractivity contribution is -0.137. The Morgan fingerprint density at radius 2 is 2.16 bits per heavy atom. The van der Waals surface area contributed by atoms with Crippen LogP contribution in [0.4, 0.5) is 19.0 Å². The highest BCUT2D eigenvalue weighted by Crippen LogP contribution is 2.33. The minimum absolute atomic E-state index is 0.0816. The molecule has 0 aromatic carbocycles. The van der Waals surface area contributed by atoms with Crippen LogP contribution in [0.25, 0.3) is 0 Å². The highest BCUT2D eigenvalue weighted by molar-refractivity contribution is 5.45. The molecule has 3 nitrogen and oxygen atoms in total. The molecule has 106 valence electrons. The van der Waals surface area contributed by atoms with E-state index in [2.05, 4.69) is 22.1 Å². The molecule has 0 aliphatic heterocycles. The third kappa shape index (κ3) is 3.83. The topological polar surface area (TPSA) is 28.2 Å². The lowest BCUT2D eigenvalue weighted by Crippen LogP contribution is -2.31. The Morgan fingerprint density at radius 1 is 1.42 bits per heavy atom. The largest absolute Gasteiger partial charge is 0.419 e. The standard InChI is InChI=1S/C13H18F3N3/c1-2-19(10-5-6-10)9-8-18-12-11(13(14,15)16)4-3-7-17-12/h3-4,7,10H,2,5-6,8-9H2,1H3,(H,17,18). The van der Waals surface area contributed by atoms with Crippen LogP contribution < -0.4 is 5.32 Å². The number of rotatable bonds is 6. The van der Waals surface area contributed by atoms with Gasteiger partial charge in [-0.1, -0.05) is 6.92 Å². The van der Waals surface area contributed by atoms with Gasteiger partial charge in [0.05, 0.1) is 5.56 Å². The van der Waals surface area contributed by atoms with Crippen LogP contribution in [0.1, 0.15) is 25.3 Å². The number of aromatic nitrogens is 1. The number of likely N-dealkylation sites (N-methyl/N-ethyl adjacent to an activating group) is 1. The quantitative estimate of drug-likeness (QED) is 0.863. The van der Waals surface area contributed by atoms with E-state index in [4.69, 9.17) is 0 Å². The van der Waals surface area contributed by atoms with Crippen molar-refractivity contribution in [2.24, 2.45) is 0 Å². The monoisotopic (exact) mass is 273 g/mol. The van der Waals surface area contributed by atoms with Gasteiger partial charge in [-0.2, -0.15) is 13.2 Å². The van der Waals surface area contributed by atoms with Crippen molar-refractivity contribution in [2.75, 3.05) is 25.0 Å². The number of halogens is 3. The first kappa shape index (κ1) is 14.1. The van der Waals surface area contributed by atoms with Gasteiger partial charge in [0.2, 0.25) is 0 Å². The summed E-state index contributed by atoms with van der Waals surface area (Å²) >= 11 is 0. The third-order valence-corrected chi connectivity index (χ3v) is 3.27. The molecule has 1 saturated carbocycles. The van der Waals surface area contributed by atoms with Crippen molar-refractivity contribution in [3.63, 3.8) is 0 Å². The summed E-state index contributed by atoms with van der Waals surface area (Å²) in [5.74, 6) is -0.0816. The molecule has 1 aliphatic rings. The van der Waals surface area contributed by atoms with Crippen molar-refractivity contribution in [1.82, 2.24) is 9.88 Å². The summed E-state index contributed by atoms with van der Waals surface area (Å²) in [6, 6.07) is 2.97. The van der Waals surface area contributed by atoms with Crippen LogP contribution >= 0.6 is 0 Å². The van der Waals surface area contributed by atoms with E-state index in [1.54, 1.807) is 0 Å². The van der Waals surface area contributed by atoms with Crippen molar-refractivity contribution < 1.29 is 13.2 Å². The molecule has 0 amide bonds. The van der Waals surface area contributed by atoms with Gasteiger partial charge in [0, 0.05) is 25.3 Å². The highest BCUT2D eigenvalue weighted by atomic mass is 19.4. The fraction of sp³-hybridized carbons (Fsp3) is 0.615. The van der Waals surface area contributed by atoms with Gasteiger partial charge in [-0.05, 0) is 31.5 Å². The molecule has 1 aromatic heterocycles. The van der Waals surface area contributed by atoms with Crippen LogP contribution in [0, 0.1) is 0 Å². The smallest absolute Gasteiger partial charge is 0.368 e. The average molecular weight is 273 g/mol. The van der Waals surface area contributed by atoms with Crippen molar-refractivity contribution in [1.29, 1.82) is 0 Å². The zero-order valence-electron chi connectivity index (χ0n) is 10.9. The second kappa shape index (κ2) is 5.77. The van der Waals surface area contributed by atoms with Crippen LogP contribution in [-0.2, 0) is 6.18 Å². The lowest BCUT2D eigenvalue weighted by Gasteiger charge is -2.20. The fourth-order valence-corrected chi connectivity index (χ4v) is 2.13. The van der Waals surface area contributed by atoms with Gasteiger partial charge in [-0.15, -0.1) is 0 Å². The minimum atomic E-state index is -4.36. The van der Waals surface area contributed by atoms with E-state index in [0.29, 0.717) is 12.6 Å². The van der Waals surface area contributed by atoms with E-state index in [9.17, 15) is 13.2 Å². The van der Waals surface area contributed by atoms with Gasteiger partial charge in [-0.3, -0.25) is 4.90 Å². The van der Waals surface area contributed by atoms with Crippen molar-refractivity contribution in [3.8, 4) is 0 Å². The minimum Gasteiger partial charge on any atom is -0.368 e. The molecule has 0 spiro atoms. The fourth-order valence-electron chi connectivity index (χ4n) is 2.13. The van der Waals surface area contributed by atoms with Crippen LogP contribution in [-0.4, -0.2) is 35.6 Å². The number of anilines is 1. The molecule has 0 bridgehead atoms. The molecule has 0 radical (unpaired) electrons. The molecular weight excluding hydrogens is 255 g/mol. The van der Waals surface area contributed by atoms with Crippen molar-refractivity contribution in [2.45, 2.75) is 32.0 Å². The Bertz CT molecular complexity index is 416. The normalized spacial score (nSPS) is 15.8. The second-order valence-electron chi connectivity index (χ2n) is 4.68. The van der Waals surface area contributed by atoms with Crippen LogP contribution in [0.2, 0.25) is 0 Å². The van der Waals surface area contributed by atoms with Crippen LogP contribution in [0.3, 0.4) is 0 Å². The average Bonchev–Trinajstić information content (AvgIpc) is 3.18. The number of hydrogen-bond acceptors (Lipinski definition) is 3. The molecule has 1 aromatic rings. The maximum absolute atomic E-state index is 12.7. The number of alkyl halides is 3. The first-order valence-corrected chi connectivity index (χ1v) is 6.52. The van der Waals surface area contributed by atoms with E-state index in [1.165, 1.54) is 25.1 Å².